The van der Waals surface area contributed by atoms with Crippen molar-refractivity contribution < 1.29 is 0 Å². The van der Waals surface area contributed by atoms with Crippen LogP contribution in [0.1, 0.15) is 25.0 Å². The van der Waals surface area contributed by atoms with Crippen molar-refractivity contribution in [3.63, 3.8) is 0 Å². The topological polar surface area (TPSA) is 45.4 Å². The molecule has 0 saturated carbocycles. The number of nitrogens with zero attached hydrogens (tertiary/aromatic N) is 3. The van der Waals surface area contributed by atoms with Crippen LogP contribution < -0.4 is 10.6 Å². The van der Waals surface area contributed by atoms with E-state index in [4.69, 9.17) is 5.73 Å². The Kier molecular flexibility index (Phi) is 6.25. The Balaban J connectivity index is 2.92. The predicted molar refractivity (Wildman–Crippen MR) is 82.8 cm³/mol. The minimum atomic E-state index is 0.451. The molecule has 1 heterocycles. The van der Waals surface area contributed by atoms with Gasteiger partial charge in [0.1, 0.15) is 5.82 Å². The molecule has 0 aromatic carbocycles. The number of pyridine rings is 1. The second-order valence-electron chi connectivity index (χ2n) is 5.42. The highest BCUT2D eigenvalue weighted by atomic mass is 15.2. The first-order valence-corrected chi connectivity index (χ1v) is 7.06. The molecule has 0 aliphatic heterocycles. The average molecular weight is 264 g/mol. The van der Waals surface area contributed by atoms with Crippen molar-refractivity contribution in [3.05, 3.63) is 23.4 Å². The van der Waals surface area contributed by atoms with E-state index in [-0.39, 0.29) is 0 Å². The Hall–Kier alpha value is -1.13. The van der Waals surface area contributed by atoms with Gasteiger partial charge in [0.25, 0.3) is 0 Å². The maximum atomic E-state index is 5.59. The normalized spacial score (nSPS) is 12.8. The van der Waals surface area contributed by atoms with Crippen molar-refractivity contribution >= 4 is 5.82 Å². The first-order valence-electron chi connectivity index (χ1n) is 7.06. The summed E-state index contributed by atoms with van der Waals surface area (Å²) in [5.74, 6) is 1.10. The molecule has 0 radical (unpaired) electrons. The lowest BCUT2D eigenvalue weighted by molar-refractivity contribution is 0.372. The van der Waals surface area contributed by atoms with Crippen LogP contribution in [0.25, 0.3) is 0 Å². The Labute approximate surface area is 117 Å². The minimum absolute atomic E-state index is 0.451. The first kappa shape index (κ1) is 15.9. The number of aromatic nitrogens is 1. The zero-order chi connectivity index (χ0) is 14.4. The van der Waals surface area contributed by atoms with Crippen molar-refractivity contribution in [2.24, 2.45) is 5.73 Å². The highest BCUT2D eigenvalue weighted by Gasteiger charge is 2.16. The quantitative estimate of drug-likeness (QED) is 0.813. The molecule has 0 aliphatic rings. The van der Waals surface area contributed by atoms with E-state index in [1.807, 2.05) is 6.20 Å². The van der Waals surface area contributed by atoms with Crippen LogP contribution in [0.4, 0.5) is 5.82 Å². The van der Waals surface area contributed by atoms with Crippen LogP contribution >= 0.6 is 0 Å². The molecule has 4 nitrogen and oxygen atoms in total. The summed E-state index contributed by atoms with van der Waals surface area (Å²) in [5, 5.41) is 0. The Morgan fingerprint density at radius 3 is 2.53 bits per heavy atom. The summed E-state index contributed by atoms with van der Waals surface area (Å²) in [7, 11) is 4.21. The van der Waals surface area contributed by atoms with E-state index in [1.54, 1.807) is 0 Å². The fourth-order valence-electron chi connectivity index (χ4n) is 2.53. The number of nitrogens with two attached hydrogens (primary N) is 1. The molecule has 4 heteroatoms. The van der Waals surface area contributed by atoms with Crippen LogP contribution in [0.15, 0.2) is 12.3 Å². The Morgan fingerprint density at radius 2 is 2.05 bits per heavy atom. The molecule has 0 amide bonds. The monoisotopic (exact) mass is 264 g/mol. The lowest BCUT2D eigenvalue weighted by Crippen LogP contribution is -2.40. The first-order chi connectivity index (χ1) is 8.99. The molecule has 1 rings (SSSR count). The van der Waals surface area contributed by atoms with Gasteiger partial charge in [-0.15, -0.1) is 0 Å². The standard InChI is InChI=1S/C15H28N4/c1-6-19(13(3)11-18(4)5)15-12(2)9-14(7-8-16)10-17-15/h9-10,13H,6-8,11,16H2,1-5H3. The number of likely N-dealkylation sites (N-methyl/N-ethyl adjacent to an activating group) is 2. The van der Waals surface area contributed by atoms with Crippen LogP contribution in [0, 0.1) is 6.92 Å². The van der Waals surface area contributed by atoms with Gasteiger partial charge in [-0.2, -0.15) is 0 Å². The van der Waals surface area contributed by atoms with Crippen LogP contribution in [0.5, 0.6) is 0 Å². The molecule has 1 unspecified atom stereocenters. The molecule has 108 valence electrons. The number of anilines is 1. The van der Waals surface area contributed by atoms with Gasteiger partial charge in [0, 0.05) is 25.3 Å². The molecule has 19 heavy (non-hydrogen) atoms. The van der Waals surface area contributed by atoms with E-state index in [0.29, 0.717) is 12.6 Å². The van der Waals surface area contributed by atoms with Gasteiger partial charge in [-0.1, -0.05) is 6.07 Å². The van der Waals surface area contributed by atoms with Gasteiger partial charge in [-0.05, 0) is 59.0 Å². The van der Waals surface area contributed by atoms with Crippen molar-refractivity contribution in [3.8, 4) is 0 Å². The summed E-state index contributed by atoms with van der Waals surface area (Å²) in [4.78, 5) is 9.22. The summed E-state index contributed by atoms with van der Waals surface area (Å²) in [6, 6.07) is 2.66. The van der Waals surface area contributed by atoms with Crippen LogP contribution in [-0.4, -0.2) is 49.7 Å². The summed E-state index contributed by atoms with van der Waals surface area (Å²) in [6.45, 7) is 9.24. The lowest BCUT2D eigenvalue weighted by Gasteiger charge is -2.32. The van der Waals surface area contributed by atoms with Crippen LogP contribution in [-0.2, 0) is 6.42 Å². The molecule has 0 fully saturated rings. The Morgan fingerprint density at radius 1 is 1.37 bits per heavy atom. The molecule has 0 aliphatic carbocycles. The third-order valence-corrected chi connectivity index (χ3v) is 3.31. The summed E-state index contributed by atoms with van der Waals surface area (Å²) < 4.78 is 0. The second kappa shape index (κ2) is 7.46. The van der Waals surface area contributed by atoms with Gasteiger partial charge >= 0.3 is 0 Å². The number of aryl methyl sites for hydroxylation is 1. The van der Waals surface area contributed by atoms with E-state index in [9.17, 15) is 0 Å². The van der Waals surface area contributed by atoms with Crippen molar-refractivity contribution in [1.82, 2.24) is 9.88 Å². The molecule has 0 spiro atoms. The molecule has 0 saturated heterocycles. The minimum Gasteiger partial charge on any atom is -0.353 e. The van der Waals surface area contributed by atoms with Gasteiger partial charge < -0.3 is 15.5 Å². The fourth-order valence-corrected chi connectivity index (χ4v) is 2.53. The molecular weight excluding hydrogens is 236 g/mol. The maximum Gasteiger partial charge on any atom is 0.131 e. The maximum absolute atomic E-state index is 5.59. The zero-order valence-corrected chi connectivity index (χ0v) is 13.0. The summed E-state index contributed by atoms with van der Waals surface area (Å²) >= 11 is 0. The lowest BCUT2D eigenvalue weighted by atomic mass is 10.1. The van der Waals surface area contributed by atoms with Crippen LogP contribution in [0.2, 0.25) is 0 Å². The van der Waals surface area contributed by atoms with Gasteiger partial charge in [0.05, 0.1) is 0 Å². The van der Waals surface area contributed by atoms with Gasteiger partial charge in [0.15, 0.2) is 0 Å². The second-order valence-corrected chi connectivity index (χ2v) is 5.42. The van der Waals surface area contributed by atoms with E-state index >= 15 is 0 Å². The van der Waals surface area contributed by atoms with Crippen molar-refractivity contribution in [1.29, 1.82) is 0 Å². The summed E-state index contributed by atoms with van der Waals surface area (Å²) in [6.07, 6.45) is 2.85. The molecular formula is C15H28N4. The third kappa shape index (κ3) is 4.48. The molecule has 1 aromatic heterocycles. The van der Waals surface area contributed by atoms with Crippen molar-refractivity contribution in [2.75, 3.05) is 38.6 Å². The highest BCUT2D eigenvalue weighted by molar-refractivity contribution is 5.48. The number of hydrogen-bond acceptors (Lipinski definition) is 4. The molecule has 1 atom stereocenters. The largest absolute Gasteiger partial charge is 0.353 e. The van der Waals surface area contributed by atoms with E-state index in [0.717, 1.165) is 25.3 Å². The van der Waals surface area contributed by atoms with E-state index < -0.39 is 0 Å². The zero-order valence-electron chi connectivity index (χ0n) is 13.0. The highest BCUT2D eigenvalue weighted by Crippen LogP contribution is 2.20. The average Bonchev–Trinajstić information content (AvgIpc) is 2.32. The van der Waals surface area contributed by atoms with E-state index in [2.05, 4.69) is 55.7 Å². The fraction of sp³-hybridized carbons (Fsp3) is 0.667. The number of hydrogen-bond donors (Lipinski definition) is 1. The van der Waals surface area contributed by atoms with Crippen molar-refractivity contribution in [2.45, 2.75) is 33.2 Å². The van der Waals surface area contributed by atoms with Crippen LogP contribution in [0.3, 0.4) is 0 Å². The number of rotatable bonds is 7. The van der Waals surface area contributed by atoms with E-state index in [1.165, 1.54) is 11.1 Å². The van der Waals surface area contributed by atoms with Gasteiger partial charge in [-0.25, -0.2) is 4.98 Å². The molecule has 0 bridgehead atoms. The SMILES string of the molecule is CCN(c1ncc(CCN)cc1C)C(C)CN(C)C. The van der Waals surface area contributed by atoms with Gasteiger partial charge in [0.2, 0.25) is 0 Å². The third-order valence-electron chi connectivity index (χ3n) is 3.31. The molecule has 2 N–H and O–H groups in total. The Bertz CT molecular complexity index is 390. The summed E-state index contributed by atoms with van der Waals surface area (Å²) in [5.41, 5.74) is 8.05. The van der Waals surface area contributed by atoms with Gasteiger partial charge in [-0.3, -0.25) is 0 Å². The predicted octanol–water partition coefficient (Wildman–Crippen LogP) is 1.67. The smallest absolute Gasteiger partial charge is 0.131 e. The molecule has 1 aromatic rings.